The summed E-state index contributed by atoms with van der Waals surface area (Å²) < 4.78 is 27.8. The Morgan fingerprint density at radius 1 is 0.935 bits per heavy atom. The summed E-state index contributed by atoms with van der Waals surface area (Å²) in [6.45, 7) is 3.30. The Morgan fingerprint density at radius 3 is 1.94 bits per heavy atom. The van der Waals surface area contributed by atoms with Gasteiger partial charge in [-0.1, -0.05) is 60.7 Å². The van der Waals surface area contributed by atoms with Crippen molar-refractivity contribution < 1.29 is 18.3 Å². The van der Waals surface area contributed by atoms with Gasteiger partial charge in [-0.05, 0) is 18.1 Å². The molecule has 1 amide bonds. The number of carbonyl (C=O) groups excluding carboxylic acids is 1. The summed E-state index contributed by atoms with van der Waals surface area (Å²) in [5.41, 5.74) is 2.31. The van der Waals surface area contributed by atoms with Gasteiger partial charge in [-0.2, -0.15) is 4.31 Å². The lowest BCUT2D eigenvalue weighted by molar-refractivity contribution is -0.128. The molecular weight excluding hydrogens is 416 g/mol. The summed E-state index contributed by atoms with van der Waals surface area (Å²) in [6.07, 6.45) is -1.23. The van der Waals surface area contributed by atoms with E-state index < -0.39 is 33.6 Å². The molecule has 0 aromatic heterocycles. The van der Waals surface area contributed by atoms with Crippen molar-refractivity contribution in [3.63, 3.8) is 0 Å². The predicted molar refractivity (Wildman–Crippen MR) is 117 cm³/mol. The second-order valence-corrected chi connectivity index (χ2v) is 10.0. The Labute approximate surface area is 182 Å². The molecule has 2 aromatic rings. The van der Waals surface area contributed by atoms with Gasteiger partial charge in [-0.3, -0.25) is 15.0 Å². The number of sulfonamides is 1. The van der Waals surface area contributed by atoms with Crippen LogP contribution in [-0.4, -0.2) is 72.5 Å². The molecule has 0 radical (unpaired) electrons. The Balaban J connectivity index is 1.52. The number of amides is 1. The Morgan fingerprint density at radius 2 is 1.45 bits per heavy atom. The third kappa shape index (κ3) is 4.51. The van der Waals surface area contributed by atoms with Crippen LogP contribution in [-0.2, 0) is 14.8 Å². The van der Waals surface area contributed by atoms with Gasteiger partial charge in [0, 0.05) is 32.2 Å². The largest absolute Gasteiger partial charge is 0.361 e. The molecule has 2 aliphatic rings. The van der Waals surface area contributed by atoms with Crippen LogP contribution < -0.4 is 10.6 Å². The highest BCUT2D eigenvalue weighted by molar-refractivity contribution is 7.90. The van der Waals surface area contributed by atoms with Crippen LogP contribution >= 0.6 is 0 Å². The SMILES string of the molecule is CC1NC(O)NC(=O)C1S(=O)(=O)N1CCN(C(c2ccccc2)c2ccccc2)CC1. The zero-order valence-electron chi connectivity index (χ0n) is 17.4. The molecule has 0 bridgehead atoms. The maximum Gasteiger partial charge on any atom is 0.244 e. The van der Waals surface area contributed by atoms with Crippen molar-refractivity contribution >= 4 is 15.9 Å². The zero-order chi connectivity index (χ0) is 22.0. The summed E-state index contributed by atoms with van der Waals surface area (Å²) in [4.78, 5) is 14.6. The lowest BCUT2D eigenvalue weighted by atomic mass is 9.96. The monoisotopic (exact) mass is 444 g/mol. The van der Waals surface area contributed by atoms with Gasteiger partial charge in [-0.15, -0.1) is 0 Å². The van der Waals surface area contributed by atoms with Gasteiger partial charge in [-0.25, -0.2) is 8.42 Å². The molecule has 0 saturated carbocycles. The number of nitrogens with one attached hydrogen (secondary N) is 2. The Bertz CT molecular complexity index is 955. The van der Waals surface area contributed by atoms with Crippen LogP contribution in [0.3, 0.4) is 0 Å². The van der Waals surface area contributed by atoms with E-state index in [0.717, 1.165) is 11.1 Å². The van der Waals surface area contributed by atoms with Crippen molar-refractivity contribution in [3.8, 4) is 0 Å². The molecule has 166 valence electrons. The fourth-order valence-electron chi connectivity index (χ4n) is 4.48. The van der Waals surface area contributed by atoms with Crippen LogP contribution in [0, 0.1) is 0 Å². The average Bonchev–Trinajstić information content (AvgIpc) is 2.75. The molecule has 4 rings (SSSR count). The highest BCUT2D eigenvalue weighted by atomic mass is 32.2. The molecule has 2 aromatic carbocycles. The highest BCUT2D eigenvalue weighted by Crippen LogP contribution is 2.30. The minimum absolute atomic E-state index is 0.0287. The van der Waals surface area contributed by atoms with E-state index in [2.05, 4.69) is 39.8 Å². The van der Waals surface area contributed by atoms with Gasteiger partial charge in [0.1, 0.15) is 0 Å². The van der Waals surface area contributed by atoms with Crippen LogP contribution in [0.4, 0.5) is 0 Å². The normalized spacial score (nSPS) is 26.0. The molecule has 3 unspecified atom stereocenters. The van der Waals surface area contributed by atoms with E-state index in [1.807, 2.05) is 36.4 Å². The first kappa shape index (κ1) is 21.9. The zero-order valence-corrected chi connectivity index (χ0v) is 18.2. The summed E-state index contributed by atoms with van der Waals surface area (Å²) in [5.74, 6) is -0.673. The number of piperazine rings is 1. The third-order valence-corrected chi connectivity index (χ3v) is 8.31. The summed E-state index contributed by atoms with van der Waals surface area (Å²) >= 11 is 0. The summed E-state index contributed by atoms with van der Waals surface area (Å²) in [5, 5.41) is 13.3. The van der Waals surface area contributed by atoms with Crippen molar-refractivity contribution in [2.45, 2.75) is 30.6 Å². The minimum Gasteiger partial charge on any atom is -0.361 e. The van der Waals surface area contributed by atoms with Crippen LogP contribution in [0.1, 0.15) is 24.1 Å². The van der Waals surface area contributed by atoms with Crippen molar-refractivity contribution in [1.29, 1.82) is 0 Å². The molecular formula is C22H28N4O4S. The molecule has 8 nitrogen and oxygen atoms in total. The highest BCUT2D eigenvalue weighted by Gasteiger charge is 2.46. The number of nitrogens with zero attached hydrogens (tertiary/aromatic N) is 2. The average molecular weight is 445 g/mol. The fourth-order valence-corrected chi connectivity index (χ4v) is 6.40. The first-order valence-corrected chi connectivity index (χ1v) is 12.0. The van der Waals surface area contributed by atoms with Crippen molar-refractivity contribution in [2.75, 3.05) is 26.2 Å². The van der Waals surface area contributed by atoms with Gasteiger partial charge in [0.2, 0.25) is 15.9 Å². The van der Waals surface area contributed by atoms with E-state index in [1.165, 1.54) is 4.31 Å². The van der Waals surface area contributed by atoms with Gasteiger partial charge in [0.15, 0.2) is 11.6 Å². The van der Waals surface area contributed by atoms with Gasteiger partial charge in [0.25, 0.3) is 0 Å². The van der Waals surface area contributed by atoms with E-state index in [4.69, 9.17) is 0 Å². The number of aliphatic hydroxyl groups is 1. The maximum atomic E-state index is 13.2. The van der Waals surface area contributed by atoms with Crippen LogP contribution in [0.15, 0.2) is 60.7 Å². The Hall–Kier alpha value is -2.30. The van der Waals surface area contributed by atoms with Gasteiger partial charge < -0.3 is 10.4 Å². The molecule has 3 N–H and O–H groups in total. The molecule has 2 aliphatic heterocycles. The van der Waals surface area contributed by atoms with Crippen LogP contribution in [0.5, 0.6) is 0 Å². The quantitative estimate of drug-likeness (QED) is 0.620. The standard InChI is InChI=1S/C22H28N4O4S/c1-16-20(21(27)24-22(28)23-16)31(29,30)26-14-12-25(13-15-26)19(17-8-4-2-5-9-17)18-10-6-3-7-11-18/h2-11,16,19-20,22-23,28H,12-15H2,1H3,(H,24,27). The number of aliphatic hydroxyl groups excluding tert-OH is 1. The van der Waals surface area contributed by atoms with E-state index in [0.29, 0.717) is 26.2 Å². The topological polar surface area (TPSA) is 102 Å². The third-order valence-electron chi connectivity index (χ3n) is 5.96. The van der Waals surface area contributed by atoms with E-state index in [1.54, 1.807) is 6.92 Å². The lowest BCUT2D eigenvalue weighted by Crippen LogP contribution is -2.67. The Kier molecular flexibility index (Phi) is 6.40. The van der Waals surface area contributed by atoms with E-state index in [9.17, 15) is 18.3 Å². The maximum absolute atomic E-state index is 13.2. The number of hydrogen-bond donors (Lipinski definition) is 3. The second-order valence-electron chi connectivity index (χ2n) is 7.99. The first-order valence-electron chi connectivity index (χ1n) is 10.5. The van der Waals surface area contributed by atoms with Crippen molar-refractivity contribution in [1.82, 2.24) is 19.8 Å². The molecule has 0 spiro atoms. The van der Waals surface area contributed by atoms with Crippen molar-refractivity contribution in [2.24, 2.45) is 0 Å². The molecule has 0 aliphatic carbocycles. The molecule has 3 atom stereocenters. The second kappa shape index (κ2) is 9.05. The number of benzene rings is 2. The molecule has 2 heterocycles. The molecule has 31 heavy (non-hydrogen) atoms. The van der Waals surface area contributed by atoms with E-state index >= 15 is 0 Å². The number of hydrogen-bond acceptors (Lipinski definition) is 6. The van der Waals surface area contributed by atoms with Crippen LogP contribution in [0.25, 0.3) is 0 Å². The van der Waals surface area contributed by atoms with Gasteiger partial charge in [0.05, 0.1) is 6.04 Å². The van der Waals surface area contributed by atoms with Crippen molar-refractivity contribution in [3.05, 3.63) is 71.8 Å². The number of rotatable bonds is 5. The minimum atomic E-state index is -3.86. The fraction of sp³-hybridized carbons (Fsp3) is 0.409. The molecule has 2 saturated heterocycles. The van der Waals surface area contributed by atoms with Crippen LogP contribution in [0.2, 0.25) is 0 Å². The predicted octanol–water partition coefficient (Wildman–Crippen LogP) is 0.476. The summed E-state index contributed by atoms with van der Waals surface area (Å²) in [6, 6.07) is 19.7. The lowest BCUT2D eigenvalue weighted by Gasteiger charge is -2.41. The van der Waals surface area contributed by atoms with E-state index in [-0.39, 0.29) is 6.04 Å². The smallest absolute Gasteiger partial charge is 0.244 e. The molecule has 2 fully saturated rings. The van der Waals surface area contributed by atoms with Gasteiger partial charge >= 0.3 is 0 Å². The number of carbonyl (C=O) groups is 1. The summed E-state index contributed by atoms with van der Waals surface area (Å²) in [7, 11) is -3.86. The first-order chi connectivity index (χ1) is 14.9. The molecule has 9 heteroatoms.